The number of nitrogens with zero attached hydrogens (tertiary/aromatic N) is 1. The quantitative estimate of drug-likeness (QED) is 0.789. The fraction of sp³-hybridized carbons (Fsp3) is 0.357. The number of aryl methyl sites for hydroxylation is 1. The highest BCUT2D eigenvalue weighted by atomic mass is 32.1. The second-order valence-corrected chi connectivity index (χ2v) is 4.85. The molecule has 0 fully saturated rings. The van der Waals surface area contributed by atoms with E-state index in [2.05, 4.69) is 4.98 Å². The van der Waals surface area contributed by atoms with Gasteiger partial charge in [-0.05, 0) is 24.6 Å². The molecule has 2 nitrogen and oxygen atoms in total. The Morgan fingerprint density at radius 2 is 1.95 bits per heavy atom. The molecule has 6 heteroatoms. The van der Waals surface area contributed by atoms with E-state index in [9.17, 15) is 13.2 Å². The Morgan fingerprint density at radius 3 is 2.50 bits per heavy atom. The topological polar surface area (TPSA) is 22.1 Å². The largest absolute Gasteiger partial charge is 0.488 e. The van der Waals surface area contributed by atoms with E-state index in [0.717, 1.165) is 5.56 Å². The molecule has 0 atom stereocenters. The lowest BCUT2D eigenvalue weighted by molar-refractivity contribution is -0.137. The van der Waals surface area contributed by atoms with Crippen LogP contribution < -0.4 is 4.74 Å². The van der Waals surface area contributed by atoms with Crippen molar-refractivity contribution in [2.24, 2.45) is 0 Å². The molecule has 1 aromatic heterocycles. The number of hydrogen-bond donors (Lipinski definition) is 0. The molecule has 110 valence electrons. The standard InChI is InChI=1S/C12H10F3NOS.C2H6/c1-8-3-2-4-9(5-8)17-7-10-6-16-11(18-10)12(13,14)15;1-2/h2-6H,7H2,1H3;1-2H3. The molecule has 2 rings (SSSR count). The van der Waals surface area contributed by atoms with Gasteiger partial charge in [-0.25, -0.2) is 4.98 Å². The predicted octanol–water partition coefficient (Wildman–Crippen LogP) is 5.08. The Kier molecular flexibility index (Phi) is 6.01. The first-order valence-electron chi connectivity index (χ1n) is 6.16. The Labute approximate surface area is 120 Å². The van der Waals surface area contributed by atoms with E-state index in [1.165, 1.54) is 6.20 Å². The second-order valence-electron chi connectivity index (χ2n) is 3.73. The van der Waals surface area contributed by atoms with Gasteiger partial charge in [0.1, 0.15) is 12.4 Å². The summed E-state index contributed by atoms with van der Waals surface area (Å²) in [7, 11) is 0. The van der Waals surface area contributed by atoms with Crippen LogP contribution >= 0.6 is 11.3 Å². The molecule has 0 saturated heterocycles. The molecule has 0 N–H and O–H groups in total. The van der Waals surface area contributed by atoms with Gasteiger partial charge >= 0.3 is 6.18 Å². The third-order valence-electron chi connectivity index (χ3n) is 2.17. The number of benzene rings is 1. The van der Waals surface area contributed by atoms with Crippen LogP contribution in [0.25, 0.3) is 0 Å². The number of ether oxygens (including phenoxy) is 1. The highest BCUT2D eigenvalue weighted by Gasteiger charge is 2.34. The summed E-state index contributed by atoms with van der Waals surface area (Å²) in [5.41, 5.74) is 1.03. The lowest BCUT2D eigenvalue weighted by atomic mass is 10.2. The zero-order valence-electron chi connectivity index (χ0n) is 11.5. The summed E-state index contributed by atoms with van der Waals surface area (Å²) in [6.45, 7) is 6.01. The van der Waals surface area contributed by atoms with Crippen LogP contribution in [-0.4, -0.2) is 4.98 Å². The highest BCUT2D eigenvalue weighted by molar-refractivity contribution is 7.11. The number of thiazole rings is 1. The first kappa shape index (κ1) is 16.5. The van der Waals surface area contributed by atoms with E-state index in [0.29, 0.717) is 22.0 Å². The summed E-state index contributed by atoms with van der Waals surface area (Å²) in [5, 5.41) is -0.842. The molecular formula is C14H16F3NOS. The monoisotopic (exact) mass is 303 g/mol. The molecule has 0 aliphatic heterocycles. The minimum atomic E-state index is -4.38. The average Bonchev–Trinajstić information content (AvgIpc) is 2.88. The number of halogens is 3. The Morgan fingerprint density at radius 1 is 1.25 bits per heavy atom. The molecule has 1 aromatic carbocycles. The van der Waals surface area contributed by atoms with Crippen LogP contribution in [-0.2, 0) is 12.8 Å². The normalized spacial score (nSPS) is 10.7. The molecule has 0 unspecified atom stereocenters. The summed E-state index contributed by atoms with van der Waals surface area (Å²) in [4.78, 5) is 3.78. The van der Waals surface area contributed by atoms with Crippen LogP contribution in [0, 0.1) is 6.92 Å². The molecule has 0 aliphatic carbocycles. The molecule has 0 amide bonds. The van der Waals surface area contributed by atoms with Crippen LogP contribution in [0.1, 0.15) is 29.3 Å². The molecule has 1 heterocycles. The smallest absolute Gasteiger partial charge is 0.443 e. The van der Waals surface area contributed by atoms with Crippen LogP contribution in [0.3, 0.4) is 0 Å². The highest BCUT2D eigenvalue weighted by Crippen LogP contribution is 2.32. The number of rotatable bonds is 3. The van der Waals surface area contributed by atoms with E-state index < -0.39 is 11.2 Å². The van der Waals surface area contributed by atoms with Crippen LogP contribution in [0.15, 0.2) is 30.5 Å². The van der Waals surface area contributed by atoms with Gasteiger partial charge in [-0.15, -0.1) is 11.3 Å². The minimum absolute atomic E-state index is 0.0944. The van der Waals surface area contributed by atoms with Crippen molar-refractivity contribution < 1.29 is 17.9 Å². The van der Waals surface area contributed by atoms with Gasteiger partial charge in [-0.3, -0.25) is 0 Å². The minimum Gasteiger partial charge on any atom is -0.488 e. The van der Waals surface area contributed by atoms with Crippen molar-refractivity contribution >= 4 is 11.3 Å². The lowest BCUT2D eigenvalue weighted by Gasteiger charge is -2.04. The summed E-state index contributed by atoms with van der Waals surface area (Å²) >= 11 is 0.602. The summed E-state index contributed by atoms with van der Waals surface area (Å²) < 4.78 is 42.4. The Hall–Kier alpha value is -1.56. The van der Waals surface area contributed by atoms with Crippen molar-refractivity contribution in [2.45, 2.75) is 33.6 Å². The van der Waals surface area contributed by atoms with Crippen LogP contribution in [0.5, 0.6) is 5.75 Å². The van der Waals surface area contributed by atoms with E-state index >= 15 is 0 Å². The zero-order valence-corrected chi connectivity index (χ0v) is 12.3. The van der Waals surface area contributed by atoms with Gasteiger partial charge in [-0.2, -0.15) is 13.2 Å². The molecular weight excluding hydrogens is 287 g/mol. The molecule has 0 saturated carbocycles. The van der Waals surface area contributed by atoms with Crippen molar-refractivity contribution in [2.75, 3.05) is 0 Å². The van der Waals surface area contributed by atoms with Gasteiger partial charge in [0, 0.05) is 6.20 Å². The van der Waals surface area contributed by atoms with Crippen molar-refractivity contribution in [1.29, 1.82) is 0 Å². The maximum absolute atomic E-state index is 12.3. The first-order chi connectivity index (χ1) is 9.45. The Balaban J connectivity index is 0.000000956. The van der Waals surface area contributed by atoms with Gasteiger partial charge in [0.25, 0.3) is 0 Å². The number of hydrogen-bond acceptors (Lipinski definition) is 3. The first-order valence-corrected chi connectivity index (χ1v) is 6.98. The fourth-order valence-corrected chi connectivity index (χ4v) is 2.06. The third-order valence-corrected chi connectivity index (χ3v) is 3.18. The molecule has 2 aromatic rings. The van der Waals surface area contributed by atoms with Gasteiger partial charge in [0.2, 0.25) is 0 Å². The van der Waals surface area contributed by atoms with E-state index in [4.69, 9.17) is 4.74 Å². The van der Waals surface area contributed by atoms with Crippen LogP contribution in [0.2, 0.25) is 0 Å². The molecule has 0 aliphatic rings. The second kappa shape index (κ2) is 7.28. The summed E-state index contributed by atoms with van der Waals surface area (Å²) in [6.07, 6.45) is -3.18. The van der Waals surface area contributed by atoms with Crippen molar-refractivity contribution in [3.63, 3.8) is 0 Å². The summed E-state index contributed by atoms with van der Waals surface area (Å²) in [6, 6.07) is 7.34. The van der Waals surface area contributed by atoms with E-state index in [-0.39, 0.29) is 6.61 Å². The van der Waals surface area contributed by atoms with Crippen molar-refractivity contribution in [1.82, 2.24) is 4.98 Å². The number of alkyl halides is 3. The van der Waals surface area contributed by atoms with Gasteiger partial charge in [0.15, 0.2) is 5.01 Å². The zero-order chi connectivity index (χ0) is 15.2. The number of aromatic nitrogens is 1. The molecule has 0 spiro atoms. The van der Waals surface area contributed by atoms with Gasteiger partial charge in [-0.1, -0.05) is 26.0 Å². The summed E-state index contributed by atoms with van der Waals surface area (Å²) in [5.74, 6) is 0.636. The lowest BCUT2D eigenvalue weighted by Crippen LogP contribution is -2.02. The Bertz CT molecular complexity index is 537. The molecule has 0 radical (unpaired) electrons. The maximum Gasteiger partial charge on any atom is 0.443 e. The molecule has 20 heavy (non-hydrogen) atoms. The fourth-order valence-electron chi connectivity index (χ4n) is 1.36. The average molecular weight is 303 g/mol. The van der Waals surface area contributed by atoms with Crippen molar-refractivity contribution in [3.8, 4) is 5.75 Å². The SMILES string of the molecule is CC.Cc1cccc(OCc2cnc(C(F)(F)F)s2)c1. The predicted molar refractivity (Wildman–Crippen MR) is 74.0 cm³/mol. The maximum atomic E-state index is 12.3. The van der Waals surface area contributed by atoms with Crippen LogP contribution in [0.4, 0.5) is 13.2 Å². The van der Waals surface area contributed by atoms with Crippen molar-refractivity contribution in [3.05, 3.63) is 45.9 Å². The van der Waals surface area contributed by atoms with Gasteiger partial charge < -0.3 is 4.74 Å². The van der Waals surface area contributed by atoms with Gasteiger partial charge in [0.05, 0.1) is 4.88 Å². The molecule has 0 bridgehead atoms. The third kappa shape index (κ3) is 4.85. The van der Waals surface area contributed by atoms with E-state index in [1.807, 2.05) is 39.0 Å². The van der Waals surface area contributed by atoms with E-state index in [1.54, 1.807) is 6.07 Å².